The summed E-state index contributed by atoms with van der Waals surface area (Å²) < 4.78 is 5.63. The molecule has 26 heavy (non-hydrogen) atoms. The van der Waals surface area contributed by atoms with E-state index in [0.717, 1.165) is 52.3 Å². The quantitative estimate of drug-likeness (QED) is 0.254. The fourth-order valence-electron chi connectivity index (χ4n) is 3.19. The van der Waals surface area contributed by atoms with Gasteiger partial charge in [-0.1, -0.05) is 20.8 Å². The third-order valence-corrected chi connectivity index (χ3v) is 5.42. The van der Waals surface area contributed by atoms with Gasteiger partial charge in [0.1, 0.15) is 4.93 Å². The van der Waals surface area contributed by atoms with Crippen LogP contribution in [0.3, 0.4) is 0 Å². The second-order valence-electron chi connectivity index (χ2n) is 8.54. The van der Waals surface area contributed by atoms with E-state index in [1.807, 2.05) is 6.92 Å². The molecule has 7 heteroatoms. The zero-order chi connectivity index (χ0) is 19.8. The molecule has 5 nitrogen and oxygen atoms in total. The number of hydrogen-bond acceptors (Lipinski definition) is 7. The monoisotopic (exact) mass is 406 g/mol. The summed E-state index contributed by atoms with van der Waals surface area (Å²) in [6.45, 7) is 19.5. The van der Waals surface area contributed by atoms with Gasteiger partial charge in [-0.2, -0.15) is 12.6 Å². The Morgan fingerprint density at radius 2 is 1.85 bits per heavy atom. The first-order valence-corrected chi connectivity index (χ1v) is 10.9. The normalized spacial score (nSPS) is 24.8. The van der Waals surface area contributed by atoms with E-state index in [1.165, 1.54) is 0 Å². The largest absolute Gasteiger partial charge is 0.362 e. The van der Waals surface area contributed by atoms with Crippen LogP contribution in [0.1, 0.15) is 48.0 Å². The summed E-state index contributed by atoms with van der Waals surface area (Å²) in [6.07, 6.45) is 1.12. The first-order chi connectivity index (χ1) is 12.0. The second-order valence-corrected chi connectivity index (χ2v) is 10.6. The fourth-order valence-corrected chi connectivity index (χ4v) is 3.66. The van der Waals surface area contributed by atoms with Crippen LogP contribution in [-0.4, -0.2) is 78.6 Å². The molecule has 0 amide bonds. The molecule has 1 fully saturated rings. The minimum Gasteiger partial charge on any atom is -0.362 e. The van der Waals surface area contributed by atoms with Crippen LogP contribution in [0.2, 0.25) is 0 Å². The molecule has 1 aliphatic rings. The third kappa shape index (κ3) is 10.2. The van der Waals surface area contributed by atoms with Crippen LogP contribution in [0, 0.1) is 0 Å². The molecule has 156 valence electrons. The molecule has 0 bridgehead atoms. The molecule has 1 saturated heterocycles. The molecule has 3 atom stereocenters. The zero-order valence-electron chi connectivity index (χ0n) is 17.6. The number of morpholine rings is 1. The van der Waals surface area contributed by atoms with E-state index in [9.17, 15) is 0 Å². The molecule has 0 aliphatic carbocycles. The van der Waals surface area contributed by atoms with Crippen LogP contribution < -0.4 is 16.0 Å². The predicted molar refractivity (Wildman–Crippen MR) is 120 cm³/mol. The Morgan fingerprint density at radius 3 is 2.38 bits per heavy atom. The molecule has 0 saturated carbocycles. The molecule has 1 aliphatic heterocycles. The SMILES string of the molecule is CCC(CN1CCOC(C)(S)C1)NCCNC(CNC(C)C)C(C)(C)S. The Morgan fingerprint density at radius 1 is 1.19 bits per heavy atom. The van der Waals surface area contributed by atoms with E-state index in [1.54, 1.807) is 0 Å². The molecule has 1 heterocycles. The standard InChI is InChI=1S/C19H42N4OS2/c1-7-16(13-23-10-11-24-19(6,26)14-23)20-8-9-21-17(18(4,5)25)12-22-15(2)3/h15-17,20-22,25-26H,7-14H2,1-6H3. The maximum absolute atomic E-state index is 5.69. The first-order valence-electron chi connectivity index (χ1n) is 10.0. The average Bonchev–Trinajstić information content (AvgIpc) is 2.50. The third-order valence-electron chi connectivity index (χ3n) is 4.84. The lowest BCUT2D eigenvalue weighted by Crippen LogP contribution is -2.54. The molecule has 0 spiro atoms. The van der Waals surface area contributed by atoms with Gasteiger partial charge >= 0.3 is 0 Å². The number of nitrogens with one attached hydrogen (secondary N) is 3. The lowest BCUT2D eigenvalue weighted by Gasteiger charge is -2.39. The van der Waals surface area contributed by atoms with Crippen LogP contribution >= 0.6 is 25.3 Å². The van der Waals surface area contributed by atoms with Crippen molar-refractivity contribution in [3.63, 3.8) is 0 Å². The molecule has 3 unspecified atom stereocenters. The highest BCUT2D eigenvalue weighted by Crippen LogP contribution is 2.21. The molecule has 1 rings (SSSR count). The highest BCUT2D eigenvalue weighted by atomic mass is 32.1. The summed E-state index contributed by atoms with van der Waals surface area (Å²) in [7, 11) is 0. The lowest BCUT2D eigenvalue weighted by molar-refractivity contribution is -0.0415. The van der Waals surface area contributed by atoms with E-state index in [0.29, 0.717) is 18.1 Å². The van der Waals surface area contributed by atoms with E-state index in [4.69, 9.17) is 17.4 Å². The Hall–Kier alpha value is 0.500. The zero-order valence-corrected chi connectivity index (χ0v) is 19.4. The second kappa shape index (κ2) is 11.5. The average molecular weight is 407 g/mol. The smallest absolute Gasteiger partial charge is 0.120 e. The van der Waals surface area contributed by atoms with Crippen molar-refractivity contribution >= 4 is 25.3 Å². The highest BCUT2D eigenvalue weighted by Gasteiger charge is 2.29. The van der Waals surface area contributed by atoms with Crippen molar-refractivity contribution in [3.8, 4) is 0 Å². The number of nitrogens with zero attached hydrogens (tertiary/aromatic N) is 1. The fraction of sp³-hybridized carbons (Fsp3) is 1.00. The molecule has 0 aromatic heterocycles. The Balaban J connectivity index is 2.34. The maximum atomic E-state index is 5.69. The summed E-state index contributed by atoms with van der Waals surface area (Å²) in [4.78, 5) is 2.13. The van der Waals surface area contributed by atoms with Gasteiger partial charge in [0.2, 0.25) is 0 Å². The van der Waals surface area contributed by atoms with Crippen LogP contribution in [0.5, 0.6) is 0 Å². The lowest BCUT2D eigenvalue weighted by atomic mass is 10.0. The van der Waals surface area contributed by atoms with Crippen molar-refractivity contribution in [2.45, 2.75) is 75.8 Å². The molecule has 0 radical (unpaired) electrons. The summed E-state index contributed by atoms with van der Waals surface area (Å²) in [5.41, 5.74) is 0. The van der Waals surface area contributed by atoms with Crippen molar-refractivity contribution in [1.29, 1.82) is 0 Å². The topological polar surface area (TPSA) is 48.6 Å². The molecule has 0 aromatic carbocycles. The van der Waals surface area contributed by atoms with Gasteiger partial charge in [-0.15, -0.1) is 12.6 Å². The summed E-state index contributed by atoms with van der Waals surface area (Å²) in [5.74, 6) is 0. The molecular formula is C19H42N4OS2. The van der Waals surface area contributed by atoms with Crippen LogP contribution in [0.15, 0.2) is 0 Å². The van der Waals surface area contributed by atoms with E-state index < -0.39 is 0 Å². The van der Waals surface area contributed by atoms with Gasteiger partial charge in [0.15, 0.2) is 0 Å². The van der Waals surface area contributed by atoms with Gasteiger partial charge < -0.3 is 20.7 Å². The summed E-state index contributed by atoms with van der Waals surface area (Å²) in [5, 5.41) is 10.9. The molecule has 0 aromatic rings. The van der Waals surface area contributed by atoms with Gasteiger partial charge in [0.25, 0.3) is 0 Å². The van der Waals surface area contributed by atoms with Crippen LogP contribution in [0.25, 0.3) is 0 Å². The van der Waals surface area contributed by atoms with E-state index in [2.05, 4.69) is 68.1 Å². The summed E-state index contributed by atoms with van der Waals surface area (Å²) >= 11 is 9.36. The summed E-state index contributed by atoms with van der Waals surface area (Å²) in [6, 6.07) is 1.32. The van der Waals surface area contributed by atoms with Gasteiger partial charge in [-0.25, -0.2) is 0 Å². The van der Waals surface area contributed by atoms with Crippen molar-refractivity contribution < 1.29 is 4.74 Å². The van der Waals surface area contributed by atoms with Crippen molar-refractivity contribution in [2.24, 2.45) is 0 Å². The minimum absolute atomic E-state index is 0.0587. The first kappa shape index (κ1) is 24.5. The molecular weight excluding hydrogens is 364 g/mol. The van der Waals surface area contributed by atoms with Gasteiger partial charge in [-0.05, 0) is 27.2 Å². The molecule has 3 N–H and O–H groups in total. The van der Waals surface area contributed by atoms with E-state index >= 15 is 0 Å². The van der Waals surface area contributed by atoms with E-state index in [-0.39, 0.29) is 9.68 Å². The minimum atomic E-state index is -0.327. The van der Waals surface area contributed by atoms with Gasteiger partial charge in [-0.3, -0.25) is 4.90 Å². The van der Waals surface area contributed by atoms with Crippen molar-refractivity contribution in [3.05, 3.63) is 0 Å². The predicted octanol–water partition coefficient (Wildman–Crippen LogP) is 2.00. The van der Waals surface area contributed by atoms with Crippen molar-refractivity contribution in [2.75, 3.05) is 45.9 Å². The van der Waals surface area contributed by atoms with Crippen molar-refractivity contribution in [1.82, 2.24) is 20.9 Å². The number of thiol groups is 2. The number of ether oxygens (including phenoxy) is 1. The maximum Gasteiger partial charge on any atom is 0.120 e. The van der Waals surface area contributed by atoms with Gasteiger partial charge in [0, 0.05) is 62.1 Å². The Labute approximate surface area is 172 Å². The van der Waals surface area contributed by atoms with Crippen LogP contribution in [0.4, 0.5) is 0 Å². The van der Waals surface area contributed by atoms with Crippen LogP contribution in [-0.2, 0) is 4.74 Å². The number of hydrogen-bond donors (Lipinski definition) is 5. The Kier molecular flexibility index (Phi) is 10.8. The number of rotatable bonds is 12. The van der Waals surface area contributed by atoms with Gasteiger partial charge in [0.05, 0.1) is 6.61 Å². The highest BCUT2D eigenvalue weighted by molar-refractivity contribution is 7.81. The Bertz CT molecular complexity index is 388.